The van der Waals surface area contributed by atoms with Gasteiger partial charge in [-0.2, -0.15) is 0 Å². The first-order valence-electron chi connectivity index (χ1n) is 7.21. The molecule has 0 radical (unpaired) electrons. The number of nitrogens with one attached hydrogen (secondary N) is 1. The van der Waals surface area contributed by atoms with E-state index in [2.05, 4.69) is 36.3 Å². The van der Waals surface area contributed by atoms with Crippen molar-refractivity contribution in [2.24, 2.45) is 0 Å². The average molecular weight is 264 g/mol. The zero-order valence-electron chi connectivity index (χ0n) is 12.8. The lowest BCUT2D eigenvalue weighted by molar-refractivity contribution is 0.290. The summed E-state index contributed by atoms with van der Waals surface area (Å²) in [5.41, 5.74) is 1.31. The van der Waals surface area contributed by atoms with Gasteiger partial charge in [-0.1, -0.05) is 31.9 Å². The number of ether oxygens (including phenoxy) is 1. The number of rotatable bonds is 9. The van der Waals surface area contributed by atoms with Crippen LogP contribution in [-0.4, -0.2) is 39.2 Å². The van der Waals surface area contributed by atoms with Crippen LogP contribution in [0.4, 0.5) is 0 Å². The third-order valence-corrected chi connectivity index (χ3v) is 3.50. The smallest absolute Gasteiger partial charge is 0.118 e. The number of likely N-dealkylation sites (N-methyl/N-ethyl adjacent to an activating group) is 2. The van der Waals surface area contributed by atoms with E-state index in [4.69, 9.17) is 4.74 Å². The summed E-state index contributed by atoms with van der Waals surface area (Å²) in [7, 11) is 5.92. The number of methoxy groups -OCH3 is 1. The van der Waals surface area contributed by atoms with Gasteiger partial charge in [-0.25, -0.2) is 0 Å². The topological polar surface area (TPSA) is 24.5 Å². The molecule has 3 heteroatoms. The highest BCUT2D eigenvalue weighted by Gasteiger charge is 2.11. The number of hydrogen-bond acceptors (Lipinski definition) is 3. The van der Waals surface area contributed by atoms with E-state index >= 15 is 0 Å². The zero-order chi connectivity index (χ0) is 14.1. The Morgan fingerprint density at radius 1 is 1.21 bits per heavy atom. The molecule has 1 aromatic carbocycles. The molecule has 0 saturated carbocycles. The van der Waals surface area contributed by atoms with Crippen LogP contribution in [0.25, 0.3) is 0 Å². The summed E-state index contributed by atoms with van der Waals surface area (Å²) in [5.74, 6) is 0.912. The van der Waals surface area contributed by atoms with E-state index in [1.165, 1.54) is 31.4 Å². The fourth-order valence-electron chi connectivity index (χ4n) is 2.23. The third kappa shape index (κ3) is 5.62. The van der Waals surface area contributed by atoms with E-state index in [-0.39, 0.29) is 0 Å². The van der Waals surface area contributed by atoms with E-state index in [0.29, 0.717) is 6.04 Å². The van der Waals surface area contributed by atoms with Gasteiger partial charge in [-0.3, -0.25) is 0 Å². The van der Waals surface area contributed by atoms with Crippen LogP contribution in [0.5, 0.6) is 5.75 Å². The molecular weight excluding hydrogens is 236 g/mol. The lowest BCUT2D eigenvalue weighted by Crippen LogP contribution is -2.31. The van der Waals surface area contributed by atoms with Gasteiger partial charge in [0.25, 0.3) is 0 Å². The van der Waals surface area contributed by atoms with E-state index in [0.717, 1.165) is 12.3 Å². The Kier molecular flexibility index (Phi) is 7.53. The normalized spacial score (nSPS) is 12.7. The predicted molar refractivity (Wildman–Crippen MR) is 81.8 cm³/mol. The molecule has 0 aliphatic rings. The van der Waals surface area contributed by atoms with Gasteiger partial charge >= 0.3 is 0 Å². The first kappa shape index (κ1) is 16.0. The fraction of sp³-hybridized carbons (Fsp3) is 0.625. The molecular formula is C16H28N2O. The molecule has 1 unspecified atom stereocenters. The van der Waals surface area contributed by atoms with Gasteiger partial charge < -0.3 is 15.0 Å². The van der Waals surface area contributed by atoms with E-state index in [1.807, 2.05) is 19.2 Å². The monoisotopic (exact) mass is 264 g/mol. The summed E-state index contributed by atoms with van der Waals surface area (Å²) < 4.78 is 5.20. The molecule has 108 valence electrons. The van der Waals surface area contributed by atoms with Gasteiger partial charge in [0.2, 0.25) is 0 Å². The highest BCUT2D eigenvalue weighted by molar-refractivity contribution is 5.29. The maximum absolute atomic E-state index is 5.20. The van der Waals surface area contributed by atoms with Gasteiger partial charge in [0.15, 0.2) is 0 Å². The minimum atomic E-state index is 0.373. The third-order valence-electron chi connectivity index (χ3n) is 3.50. The minimum absolute atomic E-state index is 0.373. The Bertz CT molecular complexity index is 337. The molecule has 1 rings (SSSR count). The number of hydrogen-bond donors (Lipinski definition) is 1. The van der Waals surface area contributed by atoms with Crippen molar-refractivity contribution < 1.29 is 4.74 Å². The molecule has 0 fully saturated rings. The van der Waals surface area contributed by atoms with Crippen molar-refractivity contribution in [3.8, 4) is 5.75 Å². The van der Waals surface area contributed by atoms with Crippen LogP contribution in [0.3, 0.4) is 0 Å². The second-order valence-corrected chi connectivity index (χ2v) is 5.08. The molecule has 0 amide bonds. The van der Waals surface area contributed by atoms with Crippen LogP contribution in [0, 0.1) is 0 Å². The average Bonchev–Trinajstić information content (AvgIpc) is 2.45. The van der Waals surface area contributed by atoms with E-state index in [9.17, 15) is 0 Å². The molecule has 0 aliphatic carbocycles. The SMILES string of the molecule is CCCCCN(C)CC(NC)c1ccc(OC)cc1. The van der Waals surface area contributed by atoms with Crippen LogP contribution in [0.2, 0.25) is 0 Å². The van der Waals surface area contributed by atoms with E-state index in [1.54, 1.807) is 7.11 Å². The fourth-order valence-corrected chi connectivity index (χ4v) is 2.23. The summed E-state index contributed by atoms with van der Waals surface area (Å²) >= 11 is 0. The summed E-state index contributed by atoms with van der Waals surface area (Å²) in [4.78, 5) is 2.40. The Morgan fingerprint density at radius 2 is 1.89 bits per heavy atom. The van der Waals surface area contributed by atoms with Crippen molar-refractivity contribution in [2.45, 2.75) is 32.2 Å². The van der Waals surface area contributed by atoms with Crippen molar-refractivity contribution >= 4 is 0 Å². The molecule has 0 aliphatic heterocycles. The molecule has 0 heterocycles. The Morgan fingerprint density at radius 3 is 2.42 bits per heavy atom. The molecule has 1 aromatic rings. The molecule has 0 aromatic heterocycles. The second-order valence-electron chi connectivity index (χ2n) is 5.08. The van der Waals surface area contributed by atoms with Crippen LogP contribution >= 0.6 is 0 Å². The first-order chi connectivity index (χ1) is 9.21. The Balaban J connectivity index is 2.51. The largest absolute Gasteiger partial charge is 0.497 e. The number of unbranched alkanes of at least 4 members (excludes halogenated alkanes) is 2. The number of nitrogens with zero attached hydrogens (tertiary/aromatic N) is 1. The minimum Gasteiger partial charge on any atom is -0.497 e. The van der Waals surface area contributed by atoms with Gasteiger partial charge in [0.05, 0.1) is 7.11 Å². The molecule has 1 atom stereocenters. The first-order valence-corrected chi connectivity index (χ1v) is 7.21. The maximum Gasteiger partial charge on any atom is 0.118 e. The van der Waals surface area contributed by atoms with Crippen molar-refractivity contribution in [2.75, 3.05) is 34.3 Å². The molecule has 0 saturated heterocycles. The van der Waals surface area contributed by atoms with Crippen molar-refractivity contribution in [3.05, 3.63) is 29.8 Å². The highest BCUT2D eigenvalue weighted by Crippen LogP contribution is 2.18. The zero-order valence-corrected chi connectivity index (χ0v) is 12.8. The lowest BCUT2D eigenvalue weighted by atomic mass is 10.1. The van der Waals surface area contributed by atoms with Crippen LogP contribution < -0.4 is 10.1 Å². The quantitative estimate of drug-likeness (QED) is 0.694. The van der Waals surface area contributed by atoms with Crippen molar-refractivity contribution in [3.63, 3.8) is 0 Å². The molecule has 3 nitrogen and oxygen atoms in total. The molecule has 19 heavy (non-hydrogen) atoms. The van der Waals surface area contributed by atoms with Crippen LogP contribution in [0.15, 0.2) is 24.3 Å². The second kappa shape index (κ2) is 8.94. The highest BCUT2D eigenvalue weighted by atomic mass is 16.5. The summed E-state index contributed by atoms with van der Waals surface area (Å²) in [5, 5.41) is 3.39. The summed E-state index contributed by atoms with van der Waals surface area (Å²) in [6.45, 7) is 4.45. The van der Waals surface area contributed by atoms with Crippen LogP contribution in [0.1, 0.15) is 37.8 Å². The number of benzene rings is 1. The Hall–Kier alpha value is -1.06. The van der Waals surface area contributed by atoms with Crippen LogP contribution in [-0.2, 0) is 0 Å². The molecule has 0 spiro atoms. The standard InChI is InChI=1S/C16H28N2O/c1-5-6-7-12-18(3)13-16(17-2)14-8-10-15(19-4)11-9-14/h8-11,16-17H,5-7,12-13H2,1-4H3. The predicted octanol–water partition coefficient (Wildman–Crippen LogP) is 3.08. The summed E-state index contributed by atoms with van der Waals surface area (Å²) in [6.07, 6.45) is 3.88. The van der Waals surface area contributed by atoms with Gasteiger partial charge in [0.1, 0.15) is 5.75 Å². The van der Waals surface area contributed by atoms with Gasteiger partial charge in [-0.15, -0.1) is 0 Å². The van der Waals surface area contributed by atoms with Gasteiger partial charge in [0, 0.05) is 12.6 Å². The van der Waals surface area contributed by atoms with E-state index < -0.39 is 0 Å². The van der Waals surface area contributed by atoms with Crippen molar-refractivity contribution in [1.82, 2.24) is 10.2 Å². The van der Waals surface area contributed by atoms with Gasteiger partial charge in [-0.05, 0) is 44.8 Å². The molecule has 0 bridgehead atoms. The molecule has 1 N–H and O–H groups in total. The van der Waals surface area contributed by atoms with Crippen molar-refractivity contribution in [1.29, 1.82) is 0 Å². The maximum atomic E-state index is 5.20. The lowest BCUT2D eigenvalue weighted by Gasteiger charge is -2.24. The summed E-state index contributed by atoms with van der Waals surface area (Å²) in [6, 6.07) is 8.70. The Labute approximate surface area is 118 Å².